The molecule has 0 amide bonds. The number of hydrogen-bond donors (Lipinski definition) is 1. The summed E-state index contributed by atoms with van der Waals surface area (Å²) in [5.74, 6) is 0.0993. The monoisotopic (exact) mass is 369 g/mol. The van der Waals surface area contributed by atoms with Gasteiger partial charge in [-0.05, 0) is 43.6 Å². The SMILES string of the molecule is CCOC(=O)COC(=S)NC(CSC(C)=O)Cc1ccccc1C. The first-order valence-corrected chi connectivity index (χ1v) is 9.08. The molecular weight excluding hydrogens is 346 g/mol. The van der Waals surface area contributed by atoms with E-state index >= 15 is 0 Å². The highest BCUT2D eigenvalue weighted by atomic mass is 32.2. The molecule has 132 valence electrons. The summed E-state index contributed by atoms with van der Waals surface area (Å²) in [5, 5.41) is 3.25. The molecule has 0 aliphatic carbocycles. The predicted octanol–water partition coefficient (Wildman–Crippen LogP) is 2.64. The summed E-state index contributed by atoms with van der Waals surface area (Å²) in [6.45, 7) is 5.38. The van der Waals surface area contributed by atoms with Crippen molar-refractivity contribution < 1.29 is 19.1 Å². The van der Waals surface area contributed by atoms with Crippen LogP contribution in [0.15, 0.2) is 24.3 Å². The normalized spacial score (nSPS) is 11.5. The van der Waals surface area contributed by atoms with Gasteiger partial charge in [-0.3, -0.25) is 4.79 Å². The molecule has 0 aliphatic heterocycles. The third kappa shape index (κ3) is 8.31. The minimum atomic E-state index is -0.463. The summed E-state index contributed by atoms with van der Waals surface area (Å²) in [4.78, 5) is 22.6. The van der Waals surface area contributed by atoms with Crippen LogP contribution in [0.3, 0.4) is 0 Å². The molecule has 0 aliphatic rings. The fourth-order valence-corrected chi connectivity index (χ4v) is 2.87. The number of rotatable bonds is 8. The Morgan fingerprint density at radius 2 is 2.00 bits per heavy atom. The van der Waals surface area contributed by atoms with E-state index in [0.29, 0.717) is 18.8 Å². The lowest BCUT2D eigenvalue weighted by Crippen LogP contribution is -2.39. The molecule has 1 N–H and O–H groups in total. The van der Waals surface area contributed by atoms with E-state index in [-0.39, 0.29) is 22.9 Å². The number of carbonyl (C=O) groups excluding carboxylic acids is 2. The molecule has 0 spiro atoms. The summed E-state index contributed by atoms with van der Waals surface area (Å²) >= 11 is 6.36. The Kier molecular flexibility index (Phi) is 9.41. The Hall–Kier alpha value is -1.60. The highest BCUT2D eigenvalue weighted by Gasteiger charge is 2.15. The maximum atomic E-state index is 11.3. The number of hydrogen-bond acceptors (Lipinski definition) is 6. The number of thiocarbonyl (C=S) groups is 1. The van der Waals surface area contributed by atoms with Gasteiger partial charge in [0.2, 0.25) is 0 Å². The first-order valence-electron chi connectivity index (χ1n) is 7.69. The molecule has 1 aromatic carbocycles. The highest BCUT2D eigenvalue weighted by molar-refractivity contribution is 8.13. The summed E-state index contributed by atoms with van der Waals surface area (Å²) in [6.07, 6.45) is 0.704. The van der Waals surface area contributed by atoms with E-state index in [4.69, 9.17) is 21.7 Å². The molecule has 1 atom stereocenters. The van der Waals surface area contributed by atoms with E-state index in [1.54, 1.807) is 6.92 Å². The van der Waals surface area contributed by atoms with Gasteiger partial charge in [0.05, 0.1) is 6.61 Å². The number of nitrogens with one attached hydrogen (secondary N) is 1. The standard InChI is InChI=1S/C17H23NO4S2/c1-4-21-16(20)10-22-17(23)18-15(11-24-13(3)19)9-14-8-6-5-7-12(14)2/h5-8,15H,4,9-11H2,1-3H3,(H,18,23). The van der Waals surface area contributed by atoms with Gasteiger partial charge in [-0.1, -0.05) is 36.0 Å². The first kappa shape index (κ1) is 20.4. The molecule has 1 rings (SSSR count). The van der Waals surface area contributed by atoms with Crippen molar-refractivity contribution in [1.29, 1.82) is 0 Å². The number of carbonyl (C=O) groups is 2. The number of ether oxygens (including phenoxy) is 2. The van der Waals surface area contributed by atoms with Gasteiger partial charge in [0.25, 0.3) is 5.17 Å². The summed E-state index contributed by atoms with van der Waals surface area (Å²) in [5.41, 5.74) is 2.35. The smallest absolute Gasteiger partial charge is 0.344 e. The van der Waals surface area contributed by atoms with Crippen molar-refractivity contribution in [3.05, 3.63) is 35.4 Å². The van der Waals surface area contributed by atoms with Gasteiger partial charge in [-0.2, -0.15) is 0 Å². The second-order valence-electron chi connectivity index (χ2n) is 5.16. The van der Waals surface area contributed by atoms with Crippen molar-refractivity contribution in [2.24, 2.45) is 0 Å². The summed E-state index contributed by atoms with van der Waals surface area (Å²) in [6, 6.07) is 7.98. The molecular formula is C17H23NO4S2. The van der Waals surface area contributed by atoms with E-state index in [0.717, 1.165) is 0 Å². The van der Waals surface area contributed by atoms with E-state index < -0.39 is 5.97 Å². The van der Waals surface area contributed by atoms with Crippen LogP contribution in [0.1, 0.15) is 25.0 Å². The maximum Gasteiger partial charge on any atom is 0.344 e. The van der Waals surface area contributed by atoms with Crippen LogP contribution in [0.5, 0.6) is 0 Å². The second kappa shape index (κ2) is 11.0. The molecule has 7 heteroatoms. The fourth-order valence-electron chi connectivity index (χ4n) is 2.01. The van der Waals surface area contributed by atoms with Crippen molar-refractivity contribution in [2.45, 2.75) is 33.2 Å². The number of aryl methyl sites for hydroxylation is 1. The van der Waals surface area contributed by atoms with E-state index in [1.807, 2.05) is 31.2 Å². The lowest BCUT2D eigenvalue weighted by molar-refractivity contribution is -0.145. The first-order chi connectivity index (χ1) is 11.4. The Morgan fingerprint density at radius 1 is 1.29 bits per heavy atom. The number of esters is 1. The Balaban J connectivity index is 2.61. The van der Waals surface area contributed by atoms with Crippen LogP contribution >= 0.6 is 24.0 Å². The molecule has 24 heavy (non-hydrogen) atoms. The summed E-state index contributed by atoms with van der Waals surface area (Å²) in [7, 11) is 0. The van der Waals surface area contributed by atoms with Gasteiger partial charge in [-0.25, -0.2) is 4.79 Å². The maximum absolute atomic E-state index is 11.3. The van der Waals surface area contributed by atoms with Gasteiger partial charge in [0, 0.05) is 18.7 Å². The van der Waals surface area contributed by atoms with Crippen molar-refractivity contribution in [1.82, 2.24) is 5.32 Å². The van der Waals surface area contributed by atoms with Crippen molar-refractivity contribution >= 4 is 40.2 Å². The lowest BCUT2D eigenvalue weighted by atomic mass is 10.0. The predicted molar refractivity (Wildman–Crippen MR) is 100 cm³/mol. The zero-order valence-electron chi connectivity index (χ0n) is 14.2. The Bertz CT molecular complexity index is 577. The quantitative estimate of drug-likeness (QED) is 0.558. The Morgan fingerprint density at radius 3 is 2.62 bits per heavy atom. The van der Waals surface area contributed by atoms with Crippen LogP contribution in [0, 0.1) is 6.92 Å². The zero-order valence-corrected chi connectivity index (χ0v) is 15.8. The van der Waals surface area contributed by atoms with Crippen LogP contribution in [0.25, 0.3) is 0 Å². The molecule has 1 aromatic rings. The van der Waals surface area contributed by atoms with Gasteiger partial charge in [0.15, 0.2) is 11.7 Å². The molecule has 0 saturated carbocycles. The fraction of sp³-hybridized carbons (Fsp3) is 0.471. The lowest BCUT2D eigenvalue weighted by Gasteiger charge is -2.20. The zero-order chi connectivity index (χ0) is 17.9. The van der Waals surface area contributed by atoms with E-state index in [2.05, 4.69) is 5.32 Å². The minimum absolute atomic E-state index is 0.0462. The molecule has 0 bridgehead atoms. The molecule has 0 fully saturated rings. The van der Waals surface area contributed by atoms with Crippen molar-refractivity contribution in [3.8, 4) is 0 Å². The third-order valence-electron chi connectivity index (χ3n) is 3.16. The summed E-state index contributed by atoms with van der Waals surface area (Å²) < 4.78 is 10.0. The second-order valence-corrected chi connectivity index (χ2v) is 6.72. The van der Waals surface area contributed by atoms with Crippen molar-refractivity contribution in [3.63, 3.8) is 0 Å². The number of thioether (sulfide) groups is 1. The van der Waals surface area contributed by atoms with Crippen LogP contribution in [-0.2, 0) is 25.5 Å². The molecule has 0 aromatic heterocycles. The van der Waals surface area contributed by atoms with Crippen LogP contribution < -0.4 is 5.32 Å². The molecule has 0 heterocycles. The van der Waals surface area contributed by atoms with Gasteiger partial charge >= 0.3 is 5.97 Å². The minimum Gasteiger partial charge on any atom is -0.463 e. The van der Waals surface area contributed by atoms with Gasteiger partial charge in [0.1, 0.15) is 0 Å². The van der Waals surface area contributed by atoms with Crippen molar-refractivity contribution in [2.75, 3.05) is 19.0 Å². The Labute approximate surface area is 152 Å². The topological polar surface area (TPSA) is 64.6 Å². The molecule has 5 nitrogen and oxygen atoms in total. The van der Waals surface area contributed by atoms with Crippen LogP contribution in [-0.4, -0.2) is 41.3 Å². The third-order valence-corrected chi connectivity index (χ3v) is 4.38. The number of benzene rings is 1. The largest absolute Gasteiger partial charge is 0.463 e. The van der Waals surface area contributed by atoms with E-state index in [9.17, 15) is 9.59 Å². The van der Waals surface area contributed by atoms with Crippen LogP contribution in [0.2, 0.25) is 0 Å². The molecule has 1 unspecified atom stereocenters. The van der Waals surface area contributed by atoms with Gasteiger partial charge in [-0.15, -0.1) is 0 Å². The average molecular weight is 370 g/mol. The highest BCUT2D eigenvalue weighted by Crippen LogP contribution is 2.13. The molecule has 0 radical (unpaired) electrons. The molecule has 0 saturated heterocycles. The average Bonchev–Trinajstić information content (AvgIpc) is 2.53. The van der Waals surface area contributed by atoms with E-state index in [1.165, 1.54) is 29.8 Å². The van der Waals surface area contributed by atoms with Gasteiger partial charge < -0.3 is 14.8 Å². The van der Waals surface area contributed by atoms with Crippen LogP contribution in [0.4, 0.5) is 0 Å².